The molecule has 7 nitrogen and oxygen atoms in total. The second-order valence-corrected chi connectivity index (χ2v) is 4.44. The number of hydrogen-bond donors (Lipinski definition) is 4. The molecule has 0 bridgehead atoms. The van der Waals surface area contributed by atoms with E-state index in [0.29, 0.717) is 12.1 Å². The molecule has 19 heavy (non-hydrogen) atoms. The highest BCUT2D eigenvalue weighted by molar-refractivity contribution is 5.81. The molecule has 2 aromatic rings. The number of amides is 1. The van der Waals surface area contributed by atoms with E-state index in [0.717, 1.165) is 11.1 Å². The highest BCUT2D eigenvalue weighted by Crippen LogP contribution is 2.12. The quantitative estimate of drug-likeness (QED) is 0.574. The van der Waals surface area contributed by atoms with Crippen LogP contribution in [0.2, 0.25) is 0 Å². The van der Waals surface area contributed by atoms with Crippen LogP contribution in [0.3, 0.4) is 0 Å². The van der Waals surface area contributed by atoms with Crippen LogP contribution in [0.1, 0.15) is 5.56 Å². The number of carbonyl (C=O) groups excluding carboxylic acids is 1. The predicted molar refractivity (Wildman–Crippen MR) is 70.5 cm³/mol. The van der Waals surface area contributed by atoms with Gasteiger partial charge in [-0.25, -0.2) is 4.79 Å². The van der Waals surface area contributed by atoms with Crippen LogP contribution in [0.5, 0.6) is 0 Å². The van der Waals surface area contributed by atoms with E-state index in [2.05, 4.69) is 9.97 Å². The predicted octanol–water partition coefficient (Wildman–Crippen LogP) is -0.866. The first-order valence-electron chi connectivity index (χ1n) is 5.83. The van der Waals surface area contributed by atoms with Crippen LogP contribution in [-0.4, -0.2) is 45.6 Å². The van der Waals surface area contributed by atoms with Crippen LogP contribution in [0, 0.1) is 0 Å². The zero-order chi connectivity index (χ0) is 14.0. The third-order valence-corrected chi connectivity index (χ3v) is 2.89. The molecule has 7 heteroatoms. The lowest BCUT2D eigenvalue weighted by Gasteiger charge is -2.20. The zero-order valence-corrected chi connectivity index (χ0v) is 10.5. The number of H-pyrrole nitrogens is 2. The summed E-state index contributed by atoms with van der Waals surface area (Å²) < 4.78 is 0. The van der Waals surface area contributed by atoms with E-state index < -0.39 is 6.04 Å². The molecule has 0 spiro atoms. The zero-order valence-electron chi connectivity index (χ0n) is 10.5. The van der Waals surface area contributed by atoms with E-state index in [1.54, 1.807) is 19.2 Å². The van der Waals surface area contributed by atoms with Gasteiger partial charge in [0.25, 0.3) is 0 Å². The van der Waals surface area contributed by atoms with Gasteiger partial charge in [-0.2, -0.15) is 0 Å². The third-order valence-electron chi connectivity index (χ3n) is 2.89. The van der Waals surface area contributed by atoms with Crippen molar-refractivity contribution in [3.63, 3.8) is 0 Å². The van der Waals surface area contributed by atoms with Crippen LogP contribution in [0.4, 0.5) is 0 Å². The number of nitrogens with zero attached hydrogens (tertiary/aromatic N) is 1. The van der Waals surface area contributed by atoms with Crippen LogP contribution < -0.4 is 11.4 Å². The smallest absolute Gasteiger partial charge is 0.323 e. The van der Waals surface area contributed by atoms with Gasteiger partial charge in [0.05, 0.1) is 17.6 Å². The first-order chi connectivity index (χ1) is 9.01. The maximum atomic E-state index is 11.7. The fraction of sp³-hybridized carbons (Fsp3) is 0.333. The number of benzene rings is 1. The molecule has 1 aromatic heterocycles. The molecular weight excluding hydrogens is 248 g/mol. The fourth-order valence-corrected chi connectivity index (χ4v) is 1.89. The molecule has 0 fully saturated rings. The van der Waals surface area contributed by atoms with Gasteiger partial charge in [0.1, 0.15) is 6.04 Å². The Morgan fingerprint density at radius 1 is 1.42 bits per heavy atom. The van der Waals surface area contributed by atoms with Gasteiger partial charge in [-0.05, 0) is 17.7 Å². The van der Waals surface area contributed by atoms with Crippen molar-refractivity contribution in [2.24, 2.45) is 5.73 Å². The summed E-state index contributed by atoms with van der Waals surface area (Å²) in [7, 11) is 1.61. The van der Waals surface area contributed by atoms with Crippen LogP contribution >= 0.6 is 0 Å². The van der Waals surface area contributed by atoms with Gasteiger partial charge in [-0.3, -0.25) is 4.79 Å². The van der Waals surface area contributed by atoms with Crippen LogP contribution in [-0.2, 0) is 11.3 Å². The number of aliphatic hydroxyl groups is 1. The minimum atomic E-state index is -0.902. The summed E-state index contributed by atoms with van der Waals surface area (Å²) in [6, 6.07) is 4.48. The number of rotatable bonds is 4. The van der Waals surface area contributed by atoms with Crippen molar-refractivity contribution < 1.29 is 9.90 Å². The summed E-state index contributed by atoms with van der Waals surface area (Å²) in [5.74, 6) is -0.329. The van der Waals surface area contributed by atoms with Crippen molar-refractivity contribution in [3.05, 3.63) is 34.2 Å². The van der Waals surface area contributed by atoms with E-state index in [1.807, 2.05) is 6.07 Å². The summed E-state index contributed by atoms with van der Waals surface area (Å²) in [5.41, 5.74) is 7.48. The number of aromatic nitrogens is 2. The van der Waals surface area contributed by atoms with Crippen LogP contribution in [0.15, 0.2) is 23.0 Å². The number of nitrogens with one attached hydrogen (secondary N) is 2. The van der Waals surface area contributed by atoms with Crippen molar-refractivity contribution >= 4 is 16.9 Å². The van der Waals surface area contributed by atoms with Gasteiger partial charge < -0.3 is 25.7 Å². The SMILES string of the molecule is CN(Cc1ccc2[nH]c(=O)[nH]c2c1)C(=O)C(N)CO. The highest BCUT2D eigenvalue weighted by atomic mass is 16.3. The summed E-state index contributed by atoms with van der Waals surface area (Å²) in [5, 5.41) is 8.85. The van der Waals surface area contributed by atoms with Crippen molar-refractivity contribution in [1.29, 1.82) is 0 Å². The monoisotopic (exact) mass is 264 g/mol. The summed E-state index contributed by atoms with van der Waals surface area (Å²) in [6.07, 6.45) is 0. The molecule has 0 saturated carbocycles. The van der Waals surface area contributed by atoms with Gasteiger partial charge in [0.15, 0.2) is 0 Å². The number of likely N-dealkylation sites (N-methyl/N-ethyl adjacent to an activating group) is 1. The third kappa shape index (κ3) is 2.83. The molecule has 1 amide bonds. The molecule has 102 valence electrons. The highest BCUT2D eigenvalue weighted by Gasteiger charge is 2.17. The van der Waals surface area contributed by atoms with Crippen LogP contribution in [0.25, 0.3) is 11.0 Å². The Kier molecular flexibility index (Phi) is 3.68. The minimum Gasteiger partial charge on any atom is -0.394 e. The summed E-state index contributed by atoms with van der Waals surface area (Å²) in [6.45, 7) is -0.0248. The number of aliphatic hydroxyl groups excluding tert-OH is 1. The maximum Gasteiger partial charge on any atom is 0.323 e. The number of hydrogen-bond acceptors (Lipinski definition) is 4. The second kappa shape index (κ2) is 5.25. The molecule has 0 saturated heterocycles. The van der Waals surface area contributed by atoms with E-state index in [4.69, 9.17) is 10.8 Å². The molecule has 5 N–H and O–H groups in total. The number of imidazole rings is 1. The number of aromatic amines is 2. The van der Waals surface area contributed by atoms with E-state index in [1.165, 1.54) is 4.90 Å². The molecule has 1 heterocycles. The molecule has 2 rings (SSSR count). The Balaban J connectivity index is 2.16. The van der Waals surface area contributed by atoms with Crippen molar-refractivity contribution in [3.8, 4) is 0 Å². The Labute approximate surface area is 109 Å². The molecule has 1 atom stereocenters. The largest absolute Gasteiger partial charge is 0.394 e. The number of fused-ring (bicyclic) bond motifs is 1. The van der Waals surface area contributed by atoms with Crippen molar-refractivity contribution in [1.82, 2.24) is 14.9 Å². The molecule has 1 aromatic carbocycles. The summed E-state index contributed by atoms with van der Waals surface area (Å²) in [4.78, 5) is 29.6. The van der Waals surface area contributed by atoms with Gasteiger partial charge in [-0.1, -0.05) is 6.07 Å². The number of nitrogens with two attached hydrogens (primary N) is 1. The Morgan fingerprint density at radius 2 is 2.11 bits per heavy atom. The van der Waals surface area contributed by atoms with Gasteiger partial charge >= 0.3 is 5.69 Å². The standard InChI is InChI=1S/C12H16N4O3/c1-16(11(18)8(13)6-17)5-7-2-3-9-10(4-7)15-12(19)14-9/h2-4,8,17H,5-6,13H2,1H3,(H2,14,15,19). The lowest BCUT2D eigenvalue weighted by atomic mass is 10.2. The molecule has 0 radical (unpaired) electrons. The Hall–Kier alpha value is -2.12. The first-order valence-corrected chi connectivity index (χ1v) is 5.83. The van der Waals surface area contributed by atoms with E-state index >= 15 is 0 Å². The summed E-state index contributed by atoms with van der Waals surface area (Å²) >= 11 is 0. The van der Waals surface area contributed by atoms with Crippen molar-refractivity contribution in [2.45, 2.75) is 12.6 Å². The normalized spacial score (nSPS) is 12.6. The topological polar surface area (TPSA) is 115 Å². The van der Waals surface area contributed by atoms with E-state index in [-0.39, 0.29) is 18.2 Å². The van der Waals surface area contributed by atoms with Gasteiger partial charge in [0, 0.05) is 13.6 Å². The second-order valence-electron chi connectivity index (χ2n) is 4.44. The molecule has 1 unspecified atom stereocenters. The first kappa shape index (κ1) is 13.3. The average molecular weight is 264 g/mol. The lowest BCUT2D eigenvalue weighted by molar-refractivity contribution is -0.132. The Morgan fingerprint density at radius 3 is 2.79 bits per heavy atom. The molecule has 0 aliphatic rings. The maximum absolute atomic E-state index is 11.7. The minimum absolute atomic E-state index is 0.265. The molecular formula is C12H16N4O3. The fourth-order valence-electron chi connectivity index (χ4n) is 1.89. The lowest BCUT2D eigenvalue weighted by Crippen LogP contribution is -2.43. The van der Waals surface area contributed by atoms with Gasteiger partial charge in [0.2, 0.25) is 5.91 Å². The van der Waals surface area contributed by atoms with E-state index in [9.17, 15) is 9.59 Å². The van der Waals surface area contributed by atoms with Crippen molar-refractivity contribution in [2.75, 3.05) is 13.7 Å². The number of carbonyl (C=O) groups is 1. The average Bonchev–Trinajstić information content (AvgIpc) is 2.76. The van der Waals surface area contributed by atoms with Gasteiger partial charge in [-0.15, -0.1) is 0 Å². The Bertz CT molecular complexity index is 646. The molecule has 0 aliphatic heterocycles. The molecule has 0 aliphatic carbocycles.